The third kappa shape index (κ3) is 2.66. The molecule has 4 nitrogen and oxygen atoms in total. The van der Waals surface area contributed by atoms with Crippen molar-refractivity contribution in [3.8, 4) is 0 Å². The van der Waals surface area contributed by atoms with E-state index in [4.69, 9.17) is 0 Å². The first kappa shape index (κ1) is 12.5. The van der Waals surface area contributed by atoms with E-state index in [-0.39, 0.29) is 5.91 Å². The summed E-state index contributed by atoms with van der Waals surface area (Å²) in [6, 6.07) is 0. The van der Waals surface area contributed by atoms with Crippen molar-refractivity contribution in [2.24, 2.45) is 0 Å². The van der Waals surface area contributed by atoms with Gasteiger partial charge in [-0.3, -0.25) is 4.79 Å². The molecule has 0 spiro atoms. The Bertz CT molecular complexity index is 430. The third-order valence-electron chi connectivity index (χ3n) is 3.23. The molecule has 1 aliphatic heterocycles. The highest BCUT2D eigenvalue weighted by molar-refractivity contribution is 7.13. The average Bonchev–Trinajstić information content (AvgIpc) is 2.57. The van der Waals surface area contributed by atoms with Gasteiger partial charge in [0.25, 0.3) is 5.91 Å². The van der Waals surface area contributed by atoms with E-state index in [1.165, 1.54) is 11.3 Å². The van der Waals surface area contributed by atoms with Crippen LogP contribution in [0.3, 0.4) is 0 Å². The van der Waals surface area contributed by atoms with Gasteiger partial charge in [0.05, 0.1) is 16.3 Å². The van der Waals surface area contributed by atoms with E-state index in [1.54, 1.807) is 0 Å². The number of hydrogen-bond acceptors (Lipinski definition) is 4. The van der Waals surface area contributed by atoms with Crippen LogP contribution in [0.4, 0.5) is 0 Å². The highest BCUT2D eigenvalue weighted by Gasteiger charge is 2.31. The van der Waals surface area contributed by atoms with Gasteiger partial charge in [0, 0.05) is 13.1 Å². The topological polar surface area (TPSA) is 53.4 Å². The molecule has 5 heteroatoms. The summed E-state index contributed by atoms with van der Waals surface area (Å²) >= 11 is 1.45. The smallest absolute Gasteiger partial charge is 0.265 e. The van der Waals surface area contributed by atoms with Crippen molar-refractivity contribution in [2.45, 2.75) is 39.2 Å². The van der Waals surface area contributed by atoms with Crippen molar-refractivity contribution in [3.63, 3.8) is 0 Å². The van der Waals surface area contributed by atoms with Crippen molar-refractivity contribution in [2.75, 3.05) is 13.1 Å². The number of aliphatic hydroxyl groups is 1. The van der Waals surface area contributed by atoms with E-state index in [2.05, 4.69) is 4.98 Å². The Kier molecular flexibility index (Phi) is 3.23. The molecule has 0 radical (unpaired) electrons. The molecule has 17 heavy (non-hydrogen) atoms. The van der Waals surface area contributed by atoms with E-state index in [0.717, 1.165) is 15.6 Å². The lowest BCUT2D eigenvalue weighted by atomic mass is 9.94. The minimum absolute atomic E-state index is 0.0589. The molecule has 2 heterocycles. The van der Waals surface area contributed by atoms with Crippen LogP contribution in [0.15, 0.2) is 0 Å². The molecule has 1 amide bonds. The lowest BCUT2D eigenvalue weighted by Crippen LogP contribution is -2.45. The molecular formula is C12H18N2O2S. The first-order valence-corrected chi connectivity index (χ1v) is 6.66. The standard InChI is InChI=1S/C12H18N2O2S/c1-8-10(17-9(2)13-8)11(15)14-6-4-12(3,16)5-7-14/h16H,4-7H2,1-3H3. The Hall–Kier alpha value is -0.940. The second-order valence-electron chi connectivity index (χ2n) is 4.94. The molecule has 0 aromatic carbocycles. The molecule has 2 rings (SSSR count). The first-order valence-electron chi connectivity index (χ1n) is 5.85. The third-order valence-corrected chi connectivity index (χ3v) is 4.29. The van der Waals surface area contributed by atoms with Gasteiger partial charge in [-0.2, -0.15) is 0 Å². The first-order chi connectivity index (χ1) is 7.89. The van der Waals surface area contributed by atoms with E-state index in [1.807, 2.05) is 25.7 Å². The Morgan fingerprint density at radius 3 is 2.47 bits per heavy atom. The second kappa shape index (κ2) is 4.38. The van der Waals surface area contributed by atoms with Gasteiger partial charge in [-0.25, -0.2) is 4.98 Å². The van der Waals surface area contributed by atoms with Gasteiger partial charge in [0.15, 0.2) is 0 Å². The largest absolute Gasteiger partial charge is 0.390 e. The van der Waals surface area contributed by atoms with Crippen LogP contribution < -0.4 is 0 Å². The maximum Gasteiger partial charge on any atom is 0.265 e. The van der Waals surface area contributed by atoms with Gasteiger partial charge in [0.2, 0.25) is 0 Å². The summed E-state index contributed by atoms with van der Waals surface area (Å²) in [7, 11) is 0. The van der Waals surface area contributed by atoms with E-state index < -0.39 is 5.60 Å². The number of hydrogen-bond donors (Lipinski definition) is 1. The fraction of sp³-hybridized carbons (Fsp3) is 0.667. The summed E-state index contributed by atoms with van der Waals surface area (Å²) in [6.07, 6.45) is 1.30. The Balaban J connectivity index is 2.09. The number of likely N-dealkylation sites (tertiary alicyclic amines) is 1. The van der Waals surface area contributed by atoms with Gasteiger partial charge in [0.1, 0.15) is 4.88 Å². The number of carbonyl (C=O) groups excluding carboxylic acids is 1. The molecule has 1 aliphatic rings. The predicted molar refractivity (Wildman–Crippen MR) is 67.3 cm³/mol. The maximum atomic E-state index is 12.3. The SMILES string of the molecule is Cc1nc(C)c(C(=O)N2CCC(C)(O)CC2)s1. The molecule has 0 atom stereocenters. The minimum atomic E-state index is -0.616. The summed E-state index contributed by atoms with van der Waals surface area (Å²) in [5.74, 6) is 0.0589. The van der Waals surface area contributed by atoms with Gasteiger partial charge < -0.3 is 10.0 Å². The van der Waals surface area contributed by atoms with Crippen LogP contribution in [0.25, 0.3) is 0 Å². The van der Waals surface area contributed by atoms with Gasteiger partial charge in [-0.05, 0) is 33.6 Å². The highest BCUT2D eigenvalue weighted by Crippen LogP contribution is 2.25. The summed E-state index contributed by atoms with van der Waals surface area (Å²) in [4.78, 5) is 19.1. The summed E-state index contributed by atoms with van der Waals surface area (Å²) in [6.45, 7) is 6.87. The van der Waals surface area contributed by atoms with E-state index >= 15 is 0 Å². The number of rotatable bonds is 1. The van der Waals surface area contributed by atoms with Crippen LogP contribution in [0, 0.1) is 13.8 Å². The molecule has 1 fully saturated rings. The summed E-state index contributed by atoms with van der Waals surface area (Å²) in [5, 5.41) is 10.8. The Morgan fingerprint density at radius 1 is 1.41 bits per heavy atom. The molecule has 1 saturated heterocycles. The van der Waals surface area contributed by atoms with Crippen LogP contribution in [0.1, 0.15) is 40.1 Å². The molecule has 0 bridgehead atoms. The zero-order valence-electron chi connectivity index (χ0n) is 10.5. The van der Waals surface area contributed by atoms with Crippen LogP contribution in [-0.4, -0.2) is 39.6 Å². The van der Waals surface area contributed by atoms with E-state index in [9.17, 15) is 9.90 Å². The second-order valence-corrected chi connectivity index (χ2v) is 6.14. The maximum absolute atomic E-state index is 12.3. The number of carbonyl (C=O) groups is 1. The van der Waals surface area contributed by atoms with Crippen molar-refractivity contribution in [3.05, 3.63) is 15.6 Å². The minimum Gasteiger partial charge on any atom is -0.390 e. The van der Waals surface area contributed by atoms with Crippen molar-refractivity contribution in [1.82, 2.24) is 9.88 Å². The zero-order chi connectivity index (χ0) is 12.6. The number of aryl methyl sites for hydroxylation is 2. The normalized spacial score (nSPS) is 19.4. The van der Waals surface area contributed by atoms with E-state index in [0.29, 0.717) is 25.9 Å². The fourth-order valence-corrected chi connectivity index (χ4v) is 2.95. The monoisotopic (exact) mass is 254 g/mol. The Morgan fingerprint density at radius 2 is 2.00 bits per heavy atom. The number of aromatic nitrogens is 1. The predicted octanol–water partition coefficient (Wildman–Crippen LogP) is 1.75. The molecule has 0 unspecified atom stereocenters. The molecule has 0 aliphatic carbocycles. The summed E-state index contributed by atoms with van der Waals surface area (Å²) in [5.41, 5.74) is 0.199. The fourth-order valence-electron chi connectivity index (χ4n) is 2.06. The van der Waals surface area contributed by atoms with Gasteiger partial charge in [-0.1, -0.05) is 0 Å². The van der Waals surface area contributed by atoms with Gasteiger partial charge in [-0.15, -0.1) is 11.3 Å². The van der Waals surface area contributed by atoms with Crippen LogP contribution in [0.5, 0.6) is 0 Å². The molecular weight excluding hydrogens is 236 g/mol. The average molecular weight is 254 g/mol. The lowest BCUT2D eigenvalue weighted by Gasteiger charge is -2.35. The molecule has 1 aromatic rings. The lowest BCUT2D eigenvalue weighted by molar-refractivity contribution is -0.00190. The van der Waals surface area contributed by atoms with Gasteiger partial charge >= 0.3 is 0 Å². The summed E-state index contributed by atoms with van der Waals surface area (Å²) < 4.78 is 0. The molecule has 1 N–H and O–H groups in total. The molecule has 0 saturated carbocycles. The van der Waals surface area contributed by atoms with Crippen LogP contribution in [-0.2, 0) is 0 Å². The highest BCUT2D eigenvalue weighted by atomic mass is 32.1. The van der Waals surface area contributed by atoms with Crippen LogP contribution >= 0.6 is 11.3 Å². The number of nitrogens with zero attached hydrogens (tertiary/aromatic N) is 2. The quantitative estimate of drug-likeness (QED) is 0.830. The Labute approximate surface area is 105 Å². The molecule has 1 aromatic heterocycles. The van der Waals surface area contributed by atoms with Crippen molar-refractivity contribution < 1.29 is 9.90 Å². The van der Waals surface area contributed by atoms with Crippen molar-refractivity contribution >= 4 is 17.2 Å². The number of piperidine rings is 1. The number of thiazole rings is 1. The molecule has 94 valence electrons. The number of amides is 1. The van der Waals surface area contributed by atoms with Crippen molar-refractivity contribution in [1.29, 1.82) is 0 Å². The zero-order valence-corrected chi connectivity index (χ0v) is 11.3. The van der Waals surface area contributed by atoms with Crippen LogP contribution in [0.2, 0.25) is 0 Å².